The molecule has 2 aliphatic rings. The van der Waals surface area contributed by atoms with Crippen molar-refractivity contribution in [3.8, 4) is 0 Å². The van der Waals surface area contributed by atoms with Crippen molar-refractivity contribution in [3.63, 3.8) is 0 Å². The molecule has 19 heavy (non-hydrogen) atoms. The van der Waals surface area contributed by atoms with Crippen LogP contribution in [0.3, 0.4) is 0 Å². The highest BCUT2D eigenvalue weighted by Crippen LogP contribution is 2.37. The van der Waals surface area contributed by atoms with Gasteiger partial charge in [-0.3, -0.25) is 4.79 Å². The van der Waals surface area contributed by atoms with E-state index >= 15 is 0 Å². The summed E-state index contributed by atoms with van der Waals surface area (Å²) in [4.78, 5) is 19.5. The fourth-order valence-corrected chi connectivity index (χ4v) is 4.16. The van der Waals surface area contributed by atoms with Crippen molar-refractivity contribution in [2.45, 2.75) is 11.0 Å². The number of fused-ring (bicyclic) bond motifs is 1. The Morgan fingerprint density at radius 2 is 2.05 bits per heavy atom. The molecule has 0 aliphatic carbocycles. The Morgan fingerprint density at radius 1 is 1.26 bits per heavy atom. The summed E-state index contributed by atoms with van der Waals surface area (Å²) in [6, 6.07) is 10.2. The number of benzene rings is 1. The number of aliphatic imine (C=N–C) groups is 2. The summed E-state index contributed by atoms with van der Waals surface area (Å²) in [5, 5.41) is 0.414. The van der Waals surface area contributed by atoms with Gasteiger partial charge in [0.15, 0.2) is 5.84 Å². The van der Waals surface area contributed by atoms with Crippen LogP contribution in [0.25, 0.3) is 0 Å². The molecule has 0 saturated heterocycles. The second kappa shape index (κ2) is 5.53. The third kappa shape index (κ3) is 2.94. The van der Waals surface area contributed by atoms with Crippen LogP contribution in [-0.4, -0.2) is 21.4 Å². The molecule has 0 aromatic heterocycles. The second-order valence-electron chi connectivity index (χ2n) is 3.99. The Hall–Kier alpha value is -1.04. The lowest BCUT2D eigenvalue weighted by Gasteiger charge is -2.10. The highest BCUT2D eigenvalue weighted by Gasteiger charge is 2.32. The monoisotopic (exact) mass is 308 g/mol. The fourth-order valence-electron chi connectivity index (χ4n) is 1.72. The van der Waals surface area contributed by atoms with Gasteiger partial charge in [-0.25, -0.2) is 4.99 Å². The molecule has 0 spiro atoms. The number of amides is 1. The minimum absolute atomic E-state index is 0.0994. The number of dihydropyridines is 1. The van der Waals surface area contributed by atoms with Crippen LogP contribution in [0.2, 0.25) is 0 Å². The van der Waals surface area contributed by atoms with Gasteiger partial charge in [-0.1, -0.05) is 65.5 Å². The quantitative estimate of drug-likeness (QED) is 0.840. The fraction of sp³-hybridized carbons (Fsp3) is 0.154. The number of carbonyl (C=O) groups excluding carboxylic acids is 1. The van der Waals surface area contributed by atoms with Crippen molar-refractivity contribution in [1.82, 2.24) is 0 Å². The molecule has 2 heterocycles. The van der Waals surface area contributed by atoms with Crippen molar-refractivity contribution in [2.24, 2.45) is 9.98 Å². The number of amidine groups is 1. The molecule has 3 nitrogen and oxygen atoms in total. The molecule has 96 valence electrons. The van der Waals surface area contributed by atoms with Crippen LogP contribution in [0.15, 0.2) is 51.4 Å². The number of halogens is 1. The van der Waals surface area contributed by atoms with E-state index in [1.807, 2.05) is 18.2 Å². The molecule has 3 rings (SSSR count). The van der Waals surface area contributed by atoms with E-state index in [0.717, 1.165) is 10.1 Å². The maximum absolute atomic E-state index is 11.3. The van der Waals surface area contributed by atoms with Crippen LogP contribution in [0.5, 0.6) is 0 Å². The van der Waals surface area contributed by atoms with Gasteiger partial charge in [0.2, 0.25) is 0 Å². The minimum Gasteiger partial charge on any atom is -0.267 e. The minimum atomic E-state index is -0.324. The predicted octanol–water partition coefficient (Wildman–Crippen LogP) is 3.45. The van der Waals surface area contributed by atoms with E-state index < -0.39 is 0 Å². The summed E-state index contributed by atoms with van der Waals surface area (Å²) in [6.07, 6.45) is 1.36. The van der Waals surface area contributed by atoms with Gasteiger partial charge in [0.1, 0.15) is 9.63 Å². The van der Waals surface area contributed by atoms with E-state index in [9.17, 15) is 4.79 Å². The number of hydrogen-bond acceptors (Lipinski definition) is 4. The lowest BCUT2D eigenvalue weighted by molar-refractivity contribution is -0.113. The average molecular weight is 309 g/mol. The van der Waals surface area contributed by atoms with Crippen LogP contribution >= 0.6 is 35.1 Å². The summed E-state index contributed by atoms with van der Waals surface area (Å²) < 4.78 is 0.911. The van der Waals surface area contributed by atoms with Gasteiger partial charge in [0.05, 0.1) is 0 Å². The molecule has 1 amide bonds. The standard InChI is InChI=1S/C13H9ClN2OS2/c14-9-6-10(17)15-12-11(9)19-13(16-12)18-7-8-4-2-1-3-5-8/h1-6,11H,7H2. The molecule has 6 heteroatoms. The van der Waals surface area contributed by atoms with Gasteiger partial charge < -0.3 is 0 Å². The lowest BCUT2D eigenvalue weighted by atomic mass is 10.2. The third-order valence-corrected chi connectivity index (χ3v) is 5.51. The van der Waals surface area contributed by atoms with Gasteiger partial charge >= 0.3 is 0 Å². The first kappa shape index (κ1) is 13.0. The van der Waals surface area contributed by atoms with Crippen molar-refractivity contribution in [3.05, 3.63) is 47.0 Å². The molecule has 1 unspecified atom stereocenters. The molecule has 0 saturated carbocycles. The normalized spacial score (nSPS) is 21.6. The Morgan fingerprint density at radius 3 is 2.84 bits per heavy atom. The highest BCUT2D eigenvalue weighted by atomic mass is 35.5. The molecular weight excluding hydrogens is 300 g/mol. The first-order valence-electron chi connectivity index (χ1n) is 5.64. The second-order valence-corrected chi connectivity index (χ2v) is 6.74. The summed E-state index contributed by atoms with van der Waals surface area (Å²) in [7, 11) is 0. The smallest absolute Gasteiger partial charge is 0.267 e. The van der Waals surface area contributed by atoms with E-state index in [1.54, 1.807) is 23.5 Å². The number of nitrogens with zero attached hydrogens (tertiary/aromatic N) is 2. The van der Waals surface area contributed by atoms with Crippen LogP contribution < -0.4 is 0 Å². The van der Waals surface area contributed by atoms with Gasteiger partial charge in [0.25, 0.3) is 5.91 Å². The van der Waals surface area contributed by atoms with E-state index in [2.05, 4.69) is 22.1 Å². The molecule has 2 aliphatic heterocycles. The Labute approximate surface area is 124 Å². The predicted molar refractivity (Wildman–Crippen MR) is 82.9 cm³/mol. The van der Waals surface area contributed by atoms with Crippen molar-refractivity contribution >= 4 is 51.2 Å². The SMILES string of the molecule is O=C1C=C(Cl)C2SC(SCc3ccccc3)=NC2=N1. The van der Waals surface area contributed by atoms with Crippen molar-refractivity contribution < 1.29 is 4.79 Å². The van der Waals surface area contributed by atoms with Gasteiger partial charge in [-0.05, 0) is 5.56 Å². The van der Waals surface area contributed by atoms with Crippen LogP contribution in [0.1, 0.15) is 5.56 Å². The van der Waals surface area contributed by atoms with Crippen LogP contribution in [0.4, 0.5) is 0 Å². The average Bonchev–Trinajstić information content (AvgIpc) is 2.81. The largest absolute Gasteiger partial charge is 0.272 e. The van der Waals surface area contributed by atoms with Gasteiger partial charge in [-0.15, -0.1) is 0 Å². The summed E-state index contributed by atoms with van der Waals surface area (Å²) in [5.74, 6) is 1.05. The van der Waals surface area contributed by atoms with Gasteiger partial charge in [0, 0.05) is 16.9 Å². The van der Waals surface area contributed by atoms with Crippen molar-refractivity contribution in [2.75, 3.05) is 0 Å². The Kier molecular flexibility index (Phi) is 3.77. The highest BCUT2D eigenvalue weighted by molar-refractivity contribution is 8.39. The molecule has 0 N–H and O–H groups in total. The van der Waals surface area contributed by atoms with E-state index in [0.29, 0.717) is 10.9 Å². The lowest BCUT2D eigenvalue weighted by Crippen LogP contribution is -2.17. The molecule has 1 aromatic rings. The molecule has 1 atom stereocenters. The first-order chi connectivity index (χ1) is 9.22. The summed E-state index contributed by atoms with van der Waals surface area (Å²) in [6.45, 7) is 0. The number of thioether (sulfide) groups is 2. The van der Waals surface area contributed by atoms with Crippen LogP contribution in [-0.2, 0) is 10.5 Å². The first-order valence-corrected chi connectivity index (χ1v) is 7.88. The zero-order valence-corrected chi connectivity index (χ0v) is 12.1. The van der Waals surface area contributed by atoms with Crippen molar-refractivity contribution in [1.29, 1.82) is 0 Å². The number of rotatable bonds is 2. The zero-order valence-electron chi connectivity index (χ0n) is 9.75. The molecule has 0 bridgehead atoms. The molecule has 1 aromatic carbocycles. The maximum Gasteiger partial charge on any atom is 0.272 e. The molecular formula is C13H9ClN2OS2. The Bertz CT molecular complexity index is 610. The molecule has 0 fully saturated rings. The third-order valence-electron chi connectivity index (χ3n) is 2.60. The van der Waals surface area contributed by atoms with E-state index in [4.69, 9.17) is 11.6 Å². The van der Waals surface area contributed by atoms with E-state index in [1.165, 1.54) is 11.6 Å². The Balaban J connectivity index is 1.68. The summed E-state index contributed by atoms with van der Waals surface area (Å²) >= 11 is 9.25. The summed E-state index contributed by atoms with van der Waals surface area (Å²) in [5.41, 5.74) is 1.24. The van der Waals surface area contributed by atoms with Crippen LogP contribution in [0, 0.1) is 0 Å². The molecule has 0 radical (unpaired) electrons. The number of carbonyl (C=O) groups is 1. The maximum atomic E-state index is 11.3. The topological polar surface area (TPSA) is 41.8 Å². The number of hydrogen-bond donors (Lipinski definition) is 0. The van der Waals surface area contributed by atoms with E-state index in [-0.39, 0.29) is 11.2 Å². The van der Waals surface area contributed by atoms with Gasteiger partial charge in [-0.2, -0.15) is 4.99 Å². The zero-order chi connectivity index (χ0) is 13.2.